The van der Waals surface area contributed by atoms with Crippen LogP contribution in [0.5, 0.6) is 0 Å². The van der Waals surface area contributed by atoms with Crippen LogP contribution in [-0.2, 0) is 21.9 Å². The highest BCUT2D eigenvalue weighted by molar-refractivity contribution is 7.46. The van der Waals surface area contributed by atoms with Crippen molar-refractivity contribution in [2.45, 2.75) is 31.7 Å². The van der Waals surface area contributed by atoms with E-state index in [1.54, 1.807) is 6.26 Å². The average Bonchev–Trinajstić information content (AvgIpc) is 3.26. The van der Waals surface area contributed by atoms with Crippen molar-refractivity contribution >= 4 is 20.2 Å². The third-order valence-electron chi connectivity index (χ3n) is 5.07. The molecule has 2 aromatic carbocycles. The van der Waals surface area contributed by atoms with Crippen LogP contribution in [0.4, 0.5) is 0 Å². The van der Waals surface area contributed by atoms with E-state index in [0.717, 1.165) is 34.4 Å². The number of aryl methyl sites for hydroxylation is 2. The number of benzene rings is 2. The Bertz CT molecular complexity index is 1040. The quantitative estimate of drug-likeness (QED) is 0.320. The molecule has 32 heavy (non-hydrogen) atoms. The number of aliphatic hydroxyl groups is 1. The standard InChI is InChI=1S/C22H27N2O6P.ClH/c1-2-21-24-20(13-29-21)19-9-7-18(8-10-19)17-5-3-16(4-6-17)11-12-22(23,14-25)15-30-31(26,27)28;/h3-10,13,25H,2,11-12,14-15,23H2,1H3,(H2,26,27,28);1H. The first-order valence-corrected chi connectivity index (χ1v) is 11.5. The maximum Gasteiger partial charge on any atom is 0.469 e. The first-order valence-electron chi connectivity index (χ1n) is 9.95. The highest BCUT2D eigenvalue weighted by Crippen LogP contribution is 2.37. The fraction of sp³-hybridized carbons (Fsp3) is 0.318. The van der Waals surface area contributed by atoms with E-state index in [9.17, 15) is 9.67 Å². The van der Waals surface area contributed by atoms with Gasteiger partial charge >= 0.3 is 7.82 Å². The lowest BCUT2D eigenvalue weighted by Gasteiger charge is -2.27. The summed E-state index contributed by atoms with van der Waals surface area (Å²) in [4.78, 5) is 22.1. The topological polar surface area (TPSA) is 139 Å². The molecular weight excluding hydrogens is 455 g/mol. The van der Waals surface area contributed by atoms with Gasteiger partial charge in [-0.3, -0.25) is 4.52 Å². The third-order valence-corrected chi connectivity index (χ3v) is 5.53. The monoisotopic (exact) mass is 482 g/mol. The Morgan fingerprint density at radius 2 is 1.62 bits per heavy atom. The van der Waals surface area contributed by atoms with Crippen LogP contribution in [0.1, 0.15) is 24.8 Å². The summed E-state index contributed by atoms with van der Waals surface area (Å²) in [5, 5.41) is 9.50. The molecule has 8 nitrogen and oxygen atoms in total. The van der Waals surface area contributed by atoms with Gasteiger partial charge in [-0.2, -0.15) is 0 Å². The summed E-state index contributed by atoms with van der Waals surface area (Å²) in [5.74, 6) is 0.714. The average molecular weight is 483 g/mol. The van der Waals surface area contributed by atoms with Crippen LogP contribution in [-0.4, -0.2) is 38.6 Å². The molecule has 0 saturated carbocycles. The van der Waals surface area contributed by atoms with Crippen LogP contribution in [0.15, 0.2) is 59.2 Å². The van der Waals surface area contributed by atoms with Crippen molar-refractivity contribution in [1.29, 1.82) is 0 Å². The zero-order valence-corrected chi connectivity index (χ0v) is 19.4. The number of phosphoric acid groups is 1. The number of aromatic nitrogens is 1. The number of phosphoric ester groups is 1. The van der Waals surface area contributed by atoms with E-state index >= 15 is 0 Å². The van der Waals surface area contributed by atoms with Crippen LogP contribution in [0.2, 0.25) is 0 Å². The molecule has 0 aliphatic carbocycles. The Hall–Kier alpha value is -2.03. The molecule has 0 fully saturated rings. The second-order valence-electron chi connectivity index (χ2n) is 7.54. The Balaban J connectivity index is 0.00000363. The van der Waals surface area contributed by atoms with E-state index in [1.165, 1.54) is 0 Å². The number of rotatable bonds is 10. The Morgan fingerprint density at radius 3 is 2.12 bits per heavy atom. The maximum atomic E-state index is 10.9. The second-order valence-corrected chi connectivity index (χ2v) is 8.78. The highest BCUT2D eigenvalue weighted by atomic mass is 35.5. The third kappa shape index (κ3) is 7.25. The van der Waals surface area contributed by atoms with E-state index in [-0.39, 0.29) is 12.4 Å². The molecule has 0 aliphatic heterocycles. The lowest BCUT2D eigenvalue weighted by Crippen LogP contribution is -2.48. The van der Waals surface area contributed by atoms with Gasteiger partial charge in [0.05, 0.1) is 18.8 Å². The Kier molecular flexibility index (Phi) is 9.18. The molecule has 0 aliphatic rings. The molecule has 0 radical (unpaired) electrons. The predicted molar refractivity (Wildman–Crippen MR) is 124 cm³/mol. The minimum Gasteiger partial charge on any atom is -0.448 e. The van der Waals surface area contributed by atoms with Crippen LogP contribution < -0.4 is 5.73 Å². The predicted octanol–water partition coefficient (Wildman–Crippen LogP) is 3.72. The van der Waals surface area contributed by atoms with E-state index in [4.69, 9.17) is 19.9 Å². The second kappa shape index (κ2) is 11.2. The maximum absolute atomic E-state index is 10.9. The first-order chi connectivity index (χ1) is 14.7. The molecule has 3 aromatic rings. The summed E-state index contributed by atoms with van der Waals surface area (Å²) in [6.07, 6.45) is 3.27. The normalized spacial score (nSPS) is 13.4. The largest absolute Gasteiger partial charge is 0.469 e. The van der Waals surface area contributed by atoms with E-state index in [0.29, 0.717) is 18.7 Å². The minimum absolute atomic E-state index is 0. The molecule has 1 aromatic heterocycles. The molecule has 5 N–H and O–H groups in total. The summed E-state index contributed by atoms with van der Waals surface area (Å²) >= 11 is 0. The van der Waals surface area contributed by atoms with Crippen molar-refractivity contribution < 1.29 is 28.4 Å². The lowest BCUT2D eigenvalue weighted by atomic mass is 9.93. The molecule has 0 amide bonds. The van der Waals surface area contributed by atoms with Gasteiger partial charge in [-0.1, -0.05) is 55.5 Å². The van der Waals surface area contributed by atoms with Gasteiger partial charge in [0.2, 0.25) is 0 Å². The van der Waals surface area contributed by atoms with Crippen molar-refractivity contribution in [1.82, 2.24) is 4.98 Å². The van der Waals surface area contributed by atoms with Crippen molar-refractivity contribution in [2.75, 3.05) is 13.2 Å². The van der Waals surface area contributed by atoms with Crippen LogP contribution in [0.3, 0.4) is 0 Å². The molecular formula is C22H28ClN2O6P. The molecule has 0 bridgehead atoms. The summed E-state index contributed by atoms with van der Waals surface area (Å²) in [6, 6.07) is 16.0. The van der Waals surface area contributed by atoms with Crippen molar-refractivity contribution in [3.05, 3.63) is 66.2 Å². The summed E-state index contributed by atoms with van der Waals surface area (Å²) in [7, 11) is -4.64. The molecule has 10 heteroatoms. The number of oxazole rings is 1. The fourth-order valence-electron chi connectivity index (χ4n) is 3.11. The molecule has 1 heterocycles. The van der Waals surface area contributed by atoms with Crippen LogP contribution in [0, 0.1) is 0 Å². The van der Waals surface area contributed by atoms with E-state index in [2.05, 4.69) is 9.51 Å². The minimum atomic E-state index is -4.64. The SMILES string of the molecule is CCc1nc(-c2ccc(-c3ccc(CCC(N)(CO)COP(=O)(O)O)cc3)cc2)co1.Cl. The van der Waals surface area contributed by atoms with E-state index in [1.807, 2.05) is 55.5 Å². The van der Waals surface area contributed by atoms with Gasteiger partial charge in [0.15, 0.2) is 5.89 Å². The number of hydrogen-bond donors (Lipinski definition) is 4. The Morgan fingerprint density at radius 1 is 1.06 bits per heavy atom. The van der Waals surface area contributed by atoms with Gasteiger partial charge in [-0.05, 0) is 29.5 Å². The van der Waals surface area contributed by atoms with Gasteiger partial charge in [-0.15, -0.1) is 12.4 Å². The van der Waals surface area contributed by atoms with Gasteiger partial charge < -0.3 is 25.0 Å². The van der Waals surface area contributed by atoms with Crippen molar-refractivity contribution in [3.63, 3.8) is 0 Å². The summed E-state index contributed by atoms with van der Waals surface area (Å²) in [5.41, 5.74) is 9.70. The fourth-order valence-corrected chi connectivity index (χ4v) is 3.53. The molecule has 174 valence electrons. The van der Waals surface area contributed by atoms with Crippen molar-refractivity contribution in [3.8, 4) is 22.4 Å². The highest BCUT2D eigenvalue weighted by Gasteiger charge is 2.28. The van der Waals surface area contributed by atoms with Gasteiger partial charge in [0.25, 0.3) is 0 Å². The number of nitrogens with zero attached hydrogens (tertiary/aromatic N) is 1. The molecule has 3 rings (SSSR count). The number of halogens is 1. The zero-order chi connectivity index (χ0) is 22.5. The van der Waals surface area contributed by atoms with Gasteiger partial charge in [0, 0.05) is 12.0 Å². The van der Waals surface area contributed by atoms with Gasteiger partial charge in [-0.25, -0.2) is 9.55 Å². The zero-order valence-electron chi connectivity index (χ0n) is 17.7. The molecule has 1 unspecified atom stereocenters. The number of hydrogen-bond acceptors (Lipinski definition) is 6. The van der Waals surface area contributed by atoms with Gasteiger partial charge in [0.1, 0.15) is 12.0 Å². The Labute approximate surface area is 193 Å². The number of aliphatic hydroxyl groups excluding tert-OH is 1. The van der Waals surface area contributed by atoms with E-state index < -0.39 is 26.6 Å². The summed E-state index contributed by atoms with van der Waals surface area (Å²) < 4.78 is 20.8. The first kappa shape index (κ1) is 26.2. The van der Waals surface area contributed by atoms with Crippen LogP contribution >= 0.6 is 20.2 Å². The molecule has 1 atom stereocenters. The molecule has 0 saturated heterocycles. The summed E-state index contributed by atoms with van der Waals surface area (Å²) in [6.45, 7) is 1.13. The van der Waals surface area contributed by atoms with Crippen LogP contribution in [0.25, 0.3) is 22.4 Å². The smallest absolute Gasteiger partial charge is 0.448 e. The lowest BCUT2D eigenvalue weighted by molar-refractivity contribution is 0.102. The number of nitrogens with two attached hydrogens (primary N) is 1. The molecule has 0 spiro atoms. The van der Waals surface area contributed by atoms with Crippen molar-refractivity contribution in [2.24, 2.45) is 5.73 Å².